The molecule has 1 aliphatic rings. The molecule has 0 saturated carbocycles. The summed E-state index contributed by atoms with van der Waals surface area (Å²) < 4.78 is 76.1. The van der Waals surface area contributed by atoms with E-state index in [0.29, 0.717) is 38.5 Å². The Hall–Kier alpha value is -1.88. The molecule has 1 fully saturated rings. The second-order valence-electron chi connectivity index (χ2n) is 6.47. The van der Waals surface area contributed by atoms with Gasteiger partial charge in [0.15, 0.2) is 0 Å². The van der Waals surface area contributed by atoms with Crippen LogP contribution in [-0.2, 0) is 22.7 Å². The Morgan fingerprint density at radius 3 is 2.41 bits per heavy atom. The van der Waals surface area contributed by atoms with Crippen molar-refractivity contribution in [1.82, 2.24) is 14.9 Å². The molecule has 0 radical (unpaired) electrons. The summed E-state index contributed by atoms with van der Waals surface area (Å²) in [6, 6.07) is 1.64. The number of carbonyl (C=O) groups excluding carboxylic acids is 1. The number of piperidine rings is 1. The van der Waals surface area contributed by atoms with E-state index in [1.807, 2.05) is 0 Å². The van der Waals surface area contributed by atoms with Gasteiger partial charge in [-0.1, -0.05) is 6.07 Å². The molecule has 1 aromatic carbocycles. The van der Waals surface area contributed by atoms with Crippen LogP contribution in [0, 0.1) is 11.7 Å². The van der Waals surface area contributed by atoms with E-state index < -0.39 is 40.2 Å². The van der Waals surface area contributed by atoms with Crippen molar-refractivity contribution in [2.24, 2.45) is 5.92 Å². The molecule has 0 atom stereocenters. The molecule has 2 rings (SSSR count). The predicted octanol–water partition coefficient (Wildman–Crippen LogP) is 2.32. The van der Waals surface area contributed by atoms with Crippen LogP contribution in [0.4, 0.5) is 22.4 Å². The fourth-order valence-corrected chi connectivity index (χ4v) is 3.76. The zero-order chi connectivity index (χ0) is 20.2. The first-order valence-corrected chi connectivity index (χ1v) is 10.1. The molecule has 0 bridgehead atoms. The Labute approximate surface area is 155 Å². The quantitative estimate of drug-likeness (QED) is 0.730. The number of benzene rings is 1. The second-order valence-corrected chi connectivity index (χ2v) is 8.45. The first-order valence-electron chi connectivity index (χ1n) is 8.29. The van der Waals surface area contributed by atoms with E-state index >= 15 is 0 Å². The number of nitrogens with one attached hydrogen (secondary N) is 2. The molecule has 152 valence electrons. The van der Waals surface area contributed by atoms with Crippen LogP contribution in [0.2, 0.25) is 0 Å². The van der Waals surface area contributed by atoms with Crippen LogP contribution in [0.5, 0.6) is 0 Å². The van der Waals surface area contributed by atoms with Crippen molar-refractivity contribution in [3.8, 4) is 0 Å². The topological polar surface area (TPSA) is 78.5 Å². The number of sulfonamides is 1. The third-order valence-corrected chi connectivity index (χ3v) is 5.71. The van der Waals surface area contributed by atoms with Gasteiger partial charge in [0.2, 0.25) is 10.0 Å². The van der Waals surface area contributed by atoms with Crippen molar-refractivity contribution in [2.75, 3.05) is 25.9 Å². The Morgan fingerprint density at radius 1 is 1.22 bits per heavy atom. The fraction of sp³-hybridized carbons (Fsp3) is 0.562. The third-order valence-electron chi connectivity index (χ3n) is 4.41. The highest BCUT2D eigenvalue weighted by molar-refractivity contribution is 7.88. The van der Waals surface area contributed by atoms with E-state index in [2.05, 4.69) is 10.6 Å². The average molecular weight is 411 g/mol. The molecule has 2 amide bonds. The van der Waals surface area contributed by atoms with Gasteiger partial charge in [-0.3, -0.25) is 0 Å². The lowest BCUT2D eigenvalue weighted by Gasteiger charge is -2.30. The Morgan fingerprint density at radius 2 is 1.85 bits per heavy atom. The second kappa shape index (κ2) is 8.42. The first kappa shape index (κ1) is 21.4. The van der Waals surface area contributed by atoms with E-state index in [-0.39, 0.29) is 11.5 Å². The van der Waals surface area contributed by atoms with Crippen LogP contribution in [0.25, 0.3) is 0 Å². The van der Waals surface area contributed by atoms with Gasteiger partial charge in [-0.05, 0) is 36.5 Å². The van der Waals surface area contributed by atoms with Gasteiger partial charge in [-0.15, -0.1) is 0 Å². The Bertz CT molecular complexity index is 776. The summed E-state index contributed by atoms with van der Waals surface area (Å²) in [7, 11) is -3.22. The SMILES string of the molecule is CS(=O)(=O)N1CCC(CNC(=O)NCc2ccc(F)cc2C(F)(F)F)CC1. The summed E-state index contributed by atoms with van der Waals surface area (Å²) in [5.41, 5.74) is -1.36. The van der Waals surface area contributed by atoms with Crippen LogP contribution in [0.15, 0.2) is 18.2 Å². The third kappa shape index (κ3) is 6.35. The van der Waals surface area contributed by atoms with Crippen LogP contribution in [0.3, 0.4) is 0 Å². The number of hydrogen-bond donors (Lipinski definition) is 2. The van der Waals surface area contributed by atoms with Crippen molar-refractivity contribution in [2.45, 2.75) is 25.6 Å². The van der Waals surface area contributed by atoms with Gasteiger partial charge < -0.3 is 10.6 Å². The van der Waals surface area contributed by atoms with Gasteiger partial charge in [0.05, 0.1) is 11.8 Å². The van der Waals surface area contributed by atoms with Gasteiger partial charge in [-0.2, -0.15) is 13.2 Å². The van der Waals surface area contributed by atoms with Gasteiger partial charge >= 0.3 is 12.2 Å². The molecule has 2 N–H and O–H groups in total. The molecule has 1 aromatic rings. The summed E-state index contributed by atoms with van der Waals surface area (Å²) in [5.74, 6) is -0.915. The van der Waals surface area contributed by atoms with Crippen LogP contribution in [0.1, 0.15) is 24.0 Å². The monoisotopic (exact) mass is 411 g/mol. The highest BCUT2D eigenvalue weighted by Crippen LogP contribution is 2.32. The van der Waals surface area contributed by atoms with Gasteiger partial charge in [0, 0.05) is 26.2 Å². The zero-order valence-electron chi connectivity index (χ0n) is 14.6. The number of urea groups is 1. The van der Waals surface area contributed by atoms with Crippen molar-refractivity contribution in [1.29, 1.82) is 0 Å². The van der Waals surface area contributed by atoms with E-state index in [1.165, 1.54) is 4.31 Å². The molecule has 0 aromatic heterocycles. The van der Waals surface area contributed by atoms with Gasteiger partial charge in [0.25, 0.3) is 0 Å². The molecular weight excluding hydrogens is 390 g/mol. The van der Waals surface area contributed by atoms with Crippen molar-refractivity contribution < 1.29 is 30.8 Å². The molecule has 0 spiro atoms. The number of alkyl halides is 3. The highest BCUT2D eigenvalue weighted by Gasteiger charge is 2.33. The lowest BCUT2D eigenvalue weighted by molar-refractivity contribution is -0.138. The van der Waals surface area contributed by atoms with Crippen molar-refractivity contribution in [3.63, 3.8) is 0 Å². The first-order chi connectivity index (χ1) is 12.5. The molecule has 1 saturated heterocycles. The van der Waals surface area contributed by atoms with E-state index in [1.54, 1.807) is 0 Å². The maximum atomic E-state index is 13.1. The number of carbonyl (C=O) groups is 1. The van der Waals surface area contributed by atoms with E-state index in [0.717, 1.165) is 18.4 Å². The standard InChI is InChI=1S/C16H21F4N3O3S/c1-27(25,26)23-6-4-11(5-7-23)9-21-15(24)22-10-12-2-3-13(17)8-14(12)16(18,19)20/h2-3,8,11H,4-7,9-10H2,1H3,(H2,21,22,24). The van der Waals surface area contributed by atoms with Gasteiger partial charge in [0.1, 0.15) is 5.82 Å². The molecule has 0 unspecified atom stereocenters. The largest absolute Gasteiger partial charge is 0.416 e. The molecule has 1 heterocycles. The zero-order valence-corrected chi connectivity index (χ0v) is 15.5. The van der Waals surface area contributed by atoms with Crippen molar-refractivity contribution >= 4 is 16.1 Å². The smallest absolute Gasteiger partial charge is 0.338 e. The molecular formula is C16H21F4N3O3S. The minimum absolute atomic E-state index is 0.0882. The predicted molar refractivity (Wildman–Crippen MR) is 90.8 cm³/mol. The van der Waals surface area contributed by atoms with Crippen LogP contribution in [-0.4, -0.2) is 44.6 Å². The summed E-state index contributed by atoms with van der Waals surface area (Å²) in [6.07, 6.45) is -2.40. The molecule has 11 heteroatoms. The lowest BCUT2D eigenvalue weighted by atomic mass is 9.98. The summed E-state index contributed by atoms with van der Waals surface area (Å²) >= 11 is 0. The van der Waals surface area contributed by atoms with Crippen LogP contribution < -0.4 is 10.6 Å². The summed E-state index contributed by atoms with van der Waals surface area (Å²) in [6.45, 7) is 0.640. The summed E-state index contributed by atoms with van der Waals surface area (Å²) in [5, 5.41) is 4.90. The minimum Gasteiger partial charge on any atom is -0.338 e. The maximum absolute atomic E-state index is 13.1. The average Bonchev–Trinajstić information content (AvgIpc) is 2.57. The molecule has 6 nitrogen and oxygen atoms in total. The van der Waals surface area contributed by atoms with Crippen molar-refractivity contribution in [3.05, 3.63) is 35.1 Å². The number of rotatable bonds is 5. The fourth-order valence-electron chi connectivity index (χ4n) is 2.89. The lowest BCUT2D eigenvalue weighted by Crippen LogP contribution is -2.43. The van der Waals surface area contributed by atoms with E-state index in [9.17, 15) is 30.8 Å². The van der Waals surface area contributed by atoms with E-state index in [4.69, 9.17) is 0 Å². The number of amides is 2. The van der Waals surface area contributed by atoms with Crippen LogP contribution >= 0.6 is 0 Å². The highest BCUT2D eigenvalue weighted by atomic mass is 32.2. The number of nitrogens with zero attached hydrogens (tertiary/aromatic N) is 1. The summed E-state index contributed by atoms with van der Waals surface area (Å²) in [4.78, 5) is 11.8. The molecule has 27 heavy (non-hydrogen) atoms. The maximum Gasteiger partial charge on any atom is 0.416 e. The molecule has 1 aliphatic heterocycles. The normalized spacial score (nSPS) is 16.9. The Balaban J connectivity index is 1.81. The minimum atomic E-state index is -4.72. The number of hydrogen-bond acceptors (Lipinski definition) is 3. The number of halogens is 4. The van der Waals surface area contributed by atoms with Gasteiger partial charge in [-0.25, -0.2) is 21.9 Å². The molecule has 0 aliphatic carbocycles. The Kier molecular flexibility index (Phi) is 6.68.